The SMILES string of the molecule is CCOCCOc1cc(CCCCCCC(C)C)c(O)c(C(=O)O)c1. The summed E-state index contributed by atoms with van der Waals surface area (Å²) in [5.41, 5.74) is 0.527. The lowest BCUT2D eigenvalue weighted by Gasteiger charge is -2.12. The van der Waals surface area contributed by atoms with Gasteiger partial charge < -0.3 is 19.7 Å². The topological polar surface area (TPSA) is 76.0 Å². The van der Waals surface area contributed by atoms with Crippen LogP contribution in [0.4, 0.5) is 0 Å². The van der Waals surface area contributed by atoms with Crippen LogP contribution in [0.25, 0.3) is 0 Å². The van der Waals surface area contributed by atoms with Crippen LogP contribution in [0.2, 0.25) is 0 Å². The number of aromatic carboxylic acids is 1. The van der Waals surface area contributed by atoms with Gasteiger partial charge in [0.15, 0.2) is 0 Å². The maximum absolute atomic E-state index is 11.3. The average molecular weight is 352 g/mol. The van der Waals surface area contributed by atoms with Crippen molar-refractivity contribution in [2.75, 3.05) is 19.8 Å². The molecule has 0 aliphatic rings. The highest BCUT2D eigenvalue weighted by Gasteiger charge is 2.16. The first-order valence-electron chi connectivity index (χ1n) is 9.25. The Bertz CT molecular complexity index is 525. The smallest absolute Gasteiger partial charge is 0.339 e. The molecule has 0 aliphatic heterocycles. The van der Waals surface area contributed by atoms with Gasteiger partial charge in [-0.2, -0.15) is 0 Å². The monoisotopic (exact) mass is 352 g/mol. The molecule has 5 heteroatoms. The second kappa shape index (κ2) is 11.7. The molecule has 2 N–H and O–H groups in total. The number of carboxylic acids is 1. The minimum atomic E-state index is -1.15. The number of aromatic hydroxyl groups is 1. The summed E-state index contributed by atoms with van der Waals surface area (Å²) in [5.74, 6) is -0.102. The predicted octanol–water partition coefficient (Wildman–Crippen LogP) is 4.65. The zero-order valence-corrected chi connectivity index (χ0v) is 15.7. The minimum Gasteiger partial charge on any atom is -0.507 e. The highest BCUT2D eigenvalue weighted by molar-refractivity contribution is 5.91. The number of carbonyl (C=O) groups is 1. The molecule has 0 unspecified atom stereocenters. The molecular formula is C20H32O5. The molecule has 0 atom stereocenters. The molecule has 1 aromatic carbocycles. The first kappa shape index (κ1) is 21.3. The Morgan fingerprint density at radius 3 is 2.48 bits per heavy atom. The van der Waals surface area contributed by atoms with E-state index in [1.807, 2.05) is 6.92 Å². The van der Waals surface area contributed by atoms with E-state index in [2.05, 4.69) is 13.8 Å². The molecule has 25 heavy (non-hydrogen) atoms. The quantitative estimate of drug-likeness (QED) is 0.505. The number of phenols is 1. The van der Waals surface area contributed by atoms with Crippen LogP contribution >= 0.6 is 0 Å². The van der Waals surface area contributed by atoms with Crippen molar-refractivity contribution in [1.82, 2.24) is 0 Å². The van der Waals surface area contributed by atoms with Gasteiger partial charge >= 0.3 is 5.97 Å². The van der Waals surface area contributed by atoms with Crippen molar-refractivity contribution in [1.29, 1.82) is 0 Å². The van der Waals surface area contributed by atoms with Gasteiger partial charge in [0.25, 0.3) is 0 Å². The maximum Gasteiger partial charge on any atom is 0.339 e. The third-order valence-corrected chi connectivity index (χ3v) is 4.07. The Labute approximate surface area is 151 Å². The molecule has 0 saturated carbocycles. The van der Waals surface area contributed by atoms with E-state index in [9.17, 15) is 15.0 Å². The Morgan fingerprint density at radius 2 is 1.84 bits per heavy atom. The Hall–Kier alpha value is -1.75. The van der Waals surface area contributed by atoms with Gasteiger partial charge in [-0.1, -0.05) is 39.5 Å². The van der Waals surface area contributed by atoms with Crippen LogP contribution < -0.4 is 4.74 Å². The number of aryl methyl sites for hydroxylation is 1. The van der Waals surface area contributed by atoms with E-state index in [0.717, 1.165) is 25.2 Å². The fraction of sp³-hybridized carbons (Fsp3) is 0.650. The van der Waals surface area contributed by atoms with Crippen LogP contribution in [0.1, 0.15) is 68.8 Å². The van der Waals surface area contributed by atoms with E-state index >= 15 is 0 Å². The Morgan fingerprint density at radius 1 is 1.12 bits per heavy atom. The summed E-state index contributed by atoms with van der Waals surface area (Å²) >= 11 is 0. The molecule has 0 radical (unpaired) electrons. The number of unbranched alkanes of at least 4 members (excludes halogenated alkanes) is 3. The second-order valence-corrected chi connectivity index (χ2v) is 6.68. The lowest BCUT2D eigenvalue weighted by molar-refractivity contribution is 0.0692. The molecule has 0 aromatic heterocycles. The van der Waals surface area contributed by atoms with Crippen molar-refractivity contribution in [2.45, 2.75) is 59.3 Å². The van der Waals surface area contributed by atoms with Crippen LogP contribution in [0.3, 0.4) is 0 Å². The molecular weight excluding hydrogens is 320 g/mol. The minimum absolute atomic E-state index is 0.108. The normalized spacial score (nSPS) is 11.0. The van der Waals surface area contributed by atoms with E-state index in [1.54, 1.807) is 6.07 Å². The molecule has 1 aromatic rings. The second-order valence-electron chi connectivity index (χ2n) is 6.68. The first-order chi connectivity index (χ1) is 12.0. The summed E-state index contributed by atoms with van der Waals surface area (Å²) in [7, 11) is 0. The summed E-state index contributed by atoms with van der Waals surface area (Å²) in [6.45, 7) is 7.77. The van der Waals surface area contributed by atoms with Gasteiger partial charge in [0.2, 0.25) is 0 Å². The van der Waals surface area contributed by atoms with Gasteiger partial charge in [0.05, 0.1) is 6.61 Å². The van der Waals surface area contributed by atoms with Crippen LogP contribution in [-0.2, 0) is 11.2 Å². The number of rotatable bonds is 13. The van der Waals surface area contributed by atoms with Gasteiger partial charge in [0.1, 0.15) is 23.7 Å². The fourth-order valence-electron chi connectivity index (χ4n) is 2.69. The van der Waals surface area contributed by atoms with Crippen molar-refractivity contribution in [3.05, 3.63) is 23.3 Å². The largest absolute Gasteiger partial charge is 0.507 e. The van der Waals surface area contributed by atoms with Crippen molar-refractivity contribution >= 4 is 5.97 Å². The molecule has 5 nitrogen and oxygen atoms in total. The van der Waals surface area contributed by atoms with Crippen LogP contribution in [0.5, 0.6) is 11.5 Å². The lowest BCUT2D eigenvalue weighted by atomic mass is 10.00. The molecule has 1 rings (SSSR count). The number of benzene rings is 1. The van der Waals surface area contributed by atoms with E-state index in [4.69, 9.17) is 9.47 Å². The Balaban J connectivity index is 2.63. The van der Waals surface area contributed by atoms with Crippen molar-refractivity contribution in [3.8, 4) is 11.5 Å². The van der Waals surface area contributed by atoms with Crippen LogP contribution in [0.15, 0.2) is 12.1 Å². The molecule has 0 heterocycles. The summed E-state index contributed by atoms with van der Waals surface area (Å²) in [5, 5.41) is 19.5. The van der Waals surface area contributed by atoms with E-state index in [-0.39, 0.29) is 11.3 Å². The standard InChI is InChI=1S/C20H32O5/c1-4-24-11-12-25-17-13-16(19(21)18(14-17)20(22)23)10-8-6-5-7-9-15(2)3/h13-15,21H,4-12H2,1-3H3,(H,22,23). The summed E-state index contributed by atoms with van der Waals surface area (Å²) < 4.78 is 10.8. The number of hydrogen-bond donors (Lipinski definition) is 2. The third-order valence-electron chi connectivity index (χ3n) is 4.07. The van der Waals surface area contributed by atoms with Gasteiger partial charge in [-0.05, 0) is 43.4 Å². The molecule has 0 aliphatic carbocycles. The number of ether oxygens (including phenoxy) is 2. The zero-order chi connectivity index (χ0) is 18.7. The lowest BCUT2D eigenvalue weighted by Crippen LogP contribution is -2.08. The summed E-state index contributed by atoms with van der Waals surface area (Å²) in [6.07, 6.45) is 6.25. The van der Waals surface area contributed by atoms with Crippen molar-refractivity contribution in [2.24, 2.45) is 5.92 Å². The number of hydrogen-bond acceptors (Lipinski definition) is 4. The van der Waals surface area contributed by atoms with E-state index in [1.165, 1.54) is 18.9 Å². The highest BCUT2D eigenvalue weighted by Crippen LogP contribution is 2.30. The van der Waals surface area contributed by atoms with Crippen LogP contribution in [-0.4, -0.2) is 36.0 Å². The highest BCUT2D eigenvalue weighted by atomic mass is 16.5. The third kappa shape index (κ3) is 8.25. The first-order valence-corrected chi connectivity index (χ1v) is 9.25. The molecule has 142 valence electrons. The molecule has 0 fully saturated rings. The molecule has 0 amide bonds. The van der Waals surface area contributed by atoms with Crippen LogP contribution in [0, 0.1) is 5.92 Å². The van der Waals surface area contributed by atoms with Crippen molar-refractivity contribution in [3.63, 3.8) is 0 Å². The fourth-order valence-corrected chi connectivity index (χ4v) is 2.69. The van der Waals surface area contributed by atoms with Crippen molar-refractivity contribution < 1.29 is 24.5 Å². The summed E-state index contributed by atoms with van der Waals surface area (Å²) in [4.78, 5) is 11.3. The molecule has 0 saturated heterocycles. The average Bonchev–Trinajstić information content (AvgIpc) is 2.56. The summed E-state index contributed by atoms with van der Waals surface area (Å²) in [6, 6.07) is 3.11. The predicted molar refractivity (Wildman–Crippen MR) is 98.7 cm³/mol. The van der Waals surface area contributed by atoms with E-state index < -0.39 is 5.97 Å². The molecule has 0 bridgehead atoms. The zero-order valence-electron chi connectivity index (χ0n) is 15.7. The van der Waals surface area contributed by atoms with Gasteiger partial charge in [-0.15, -0.1) is 0 Å². The van der Waals surface area contributed by atoms with Gasteiger partial charge in [-0.25, -0.2) is 4.79 Å². The Kier molecular flexibility index (Phi) is 10.0. The van der Waals surface area contributed by atoms with Gasteiger partial charge in [0, 0.05) is 6.61 Å². The van der Waals surface area contributed by atoms with E-state index in [0.29, 0.717) is 37.6 Å². The number of carboxylic acid groups (broad SMARTS) is 1. The van der Waals surface area contributed by atoms with Gasteiger partial charge in [-0.3, -0.25) is 0 Å². The molecule has 0 spiro atoms. The maximum atomic E-state index is 11.3.